The number of aryl methyl sites for hydroxylation is 1. The molecule has 2 aliphatic rings. The molecule has 23 nitrogen and oxygen atoms in total. The molecule has 1 saturated carbocycles. The first-order valence-corrected chi connectivity index (χ1v) is 31.3. The normalized spacial score (nSPS) is 19.2. The number of hydrogen-bond acceptors (Lipinski definition) is 23. The fourth-order valence-corrected chi connectivity index (χ4v) is 14.6. The first-order valence-electron chi connectivity index (χ1n) is 26.2. The Bertz CT molecular complexity index is 3680. The van der Waals surface area contributed by atoms with Gasteiger partial charge in [0.25, 0.3) is 17.7 Å². The molecule has 432 valence electrons. The summed E-state index contributed by atoms with van der Waals surface area (Å²) in [6, 6.07) is 9.67. The Hall–Kier alpha value is -7.35. The number of pyridine rings is 1. The molecule has 83 heavy (non-hydrogen) atoms. The van der Waals surface area contributed by atoms with Gasteiger partial charge in [0.05, 0.1) is 42.2 Å². The van der Waals surface area contributed by atoms with Crippen molar-refractivity contribution < 1.29 is 43.3 Å². The molecule has 1 aliphatic heterocycles. The molecule has 1 aromatic carbocycles. The van der Waals surface area contributed by atoms with Crippen LogP contribution in [0.15, 0.2) is 64.0 Å². The van der Waals surface area contributed by atoms with Crippen molar-refractivity contribution in [1.29, 1.82) is 0 Å². The number of aliphatic hydroxyl groups excluding tert-OH is 1. The number of aliphatic hydroxyl groups is 1. The summed E-state index contributed by atoms with van der Waals surface area (Å²) in [6.45, 7) is 4.99. The zero-order valence-electron chi connectivity index (χ0n) is 45.2. The molecule has 1 aliphatic carbocycles. The van der Waals surface area contributed by atoms with Gasteiger partial charge in [-0.05, 0) is 56.2 Å². The molecule has 6 amide bonds. The lowest BCUT2D eigenvalue weighted by atomic mass is 9.94. The lowest BCUT2D eigenvalue weighted by Gasteiger charge is -2.25. The number of aromatic nitrogens is 7. The summed E-state index contributed by atoms with van der Waals surface area (Å²) in [4.78, 5) is 117. The van der Waals surface area contributed by atoms with Gasteiger partial charge < -0.3 is 46.9 Å². The van der Waals surface area contributed by atoms with Gasteiger partial charge in [-0.2, -0.15) is 0 Å². The zero-order valence-corrected chi connectivity index (χ0v) is 50.1. The Morgan fingerprint density at radius 1 is 0.711 bits per heavy atom. The minimum absolute atomic E-state index is 0.00264. The molecular weight excluding hydrogens is 1180 g/mol. The largest absolute Gasteiger partial charge is 0.446 e. The van der Waals surface area contributed by atoms with Crippen LogP contribution in [-0.2, 0) is 25.7 Å². The maximum absolute atomic E-state index is 14.3. The van der Waals surface area contributed by atoms with E-state index in [0.717, 1.165) is 24.2 Å². The highest BCUT2D eigenvalue weighted by molar-refractivity contribution is 7.15. The van der Waals surface area contributed by atoms with E-state index in [2.05, 4.69) is 36.9 Å². The Morgan fingerprint density at radius 3 is 2.18 bits per heavy atom. The monoisotopic (exact) mass is 1240 g/mol. The molecule has 9 N–H and O–H groups in total. The number of hydrogen-bond donors (Lipinski definition) is 8. The Balaban J connectivity index is 1.03. The first-order chi connectivity index (χ1) is 40.0. The third-order valence-electron chi connectivity index (χ3n) is 13.5. The van der Waals surface area contributed by atoms with E-state index in [9.17, 15) is 33.9 Å². The molecule has 10 rings (SSSR count). The molecule has 0 unspecified atom stereocenters. The average Bonchev–Trinajstić information content (AvgIpc) is 3.58. The van der Waals surface area contributed by atoms with Gasteiger partial charge in [0, 0.05) is 52.2 Å². The molecule has 4 atom stereocenters. The molecule has 8 aromatic rings. The number of fused-ring (bicyclic) bond motifs is 14. The SMILES string of the molecule is CNC(=O)C[C@@H]1NC(=O)c2csc(n2)-c2ccc(-c3nc(NC(=O)O[C@H]4CC[C@H](N)CC4)cs3)nc2-c2csc(n2)-c2csc(n2)[C@H]([C@@H](O)c2ccccc2)NC(=O)CNC(=O)c2nc(sc2COC)[C@H](C(C)C)NC(=O)c2nc1sc2C. The molecule has 7 aromatic heterocycles. The minimum atomic E-state index is -1.27. The van der Waals surface area contributed by atoms with Crippen LogP contribution in [0.25, 0.3) is 43.4 Å². The van der Waals surface area contributed by atoms with Crippen LogP contribution in [0, 0.1) is 12.8 Å². The summed E-state index contributed by atoms with van der Waals surface area (Å²) in [5, 5.41) is 38.0. The predicted octanol–water partition coefficient (Wildman–Crippen LogP) is 8.13. The predicted molar refractivity (Wildman–Crippen MR) is 317 cm³/mol. The smallest absolute Gasteiger partial charge is 0.413 e. The van der Waals surface area contributed by atoms with Crippen molar-refractivity contribution in [3.63, 3.8) is 0 Å². The molecule has 0 radical (unpaired) electrons. The van der Waals surface area contributed by atoms with Crippen LogP contribution < -0.4 is 37.6 Å². The number of nitrogens with two attached hydrogens (primary N) is 1. The molecular formula is C54H56N14O9S6. The van der Waals surface area contributed by atoms with Crippen LogP contribution in [0.1, 0.15) is 132 Å². The molecule has 8 heterocycles. The van der Waals surface area contributed by atoms with Gasteiger partial charge in [-0.25, -0.2) is 39.7 Å². The summed E-state index contributed by atoms with van der Waals surface area (Å²) >= 11 is 7.24. The summed E-state index contributed by atoms with van der Waals surface area (Å²) < 4.78 is 11.1. The van der Waals surface area contributed by atoms with Crippen molar-refractivity contribution in [3.8, 4) is 43.4 Å². The van der Waals surface area contributed by atoms with E-state index in [1.165, 1.54) is 70.8 Å². The summed E-state index contributed by atoms with van der Waals surface area (Å²) in [7, 11) is 2.95. The van der Waals surface area contributed by atoms with E-state index in [1.807, 2.05) is 13.8 Å². The highest BCUT2D eigenvalue weighted by Gasteiger charge is 2.33. The van der Waals surface area contributed by atoms with Crippen LogP contribution in [0.5, 0.6) is 0 Å². The number of rotatable bonds is 10. The lowest BCUT2D eigenvalue weighted by molar-refractivity contribution is -0.122. The van der Waals surface area contributed by atoms with Crippen molar-refractivity contribution in [2.24, 2.45) is 11.7 Å². The van der Waals surface area contributed by atoms with Gasteiger partial charge in [0.1, 0.15) is 88.3 Å². The van der Waals surface area contributed by atoms with Crippen molar-refractivity contribution in [3.05, 3.63) is 111 Å². The van der Waals surface area contributed by atoms with E-state index >= 15 is 0 Å². The third kappa shape index (κ3) is 13.7. The number of methoxy groups -OCH3 is 1. The summed E-state index contributed by atoms with van der Waals surface area (Å²) in [5.74, 6) is -2.82. The number of ether oxygens (including phenoxy) is 2. The number of nitrogens with zero attached hydrogens (tertiary/aromatic N) is 7. The van der Waals surface area contributed by atoms with Gasteiger partial charge in [-0.3, -0.25) is 29.3 Å². The number of carbonyl (C=O) groups excluding carboxylic acids is 6. The van der Waals surface area contributed by atoms with Gasteiger partial charge in [0.15, 0.2) is 0 Å². The summed E-state index contributed by atoms with van der Waals surface area (Å²) in [6.07, 6.45) is 0.560. The second kappa shape index (κ2) is 26.1. The maximum Gasteiger partial charge on any atom is 0.413 e. The quantitative estimate of drug-likeness (QED) is 0.0640. The topological polar surface area (TPSA) is 330 Å². The number of thiazole rings is 6. The number of carbonyl (C=O) groups is 6. The van der Waals surface area contributed by atoms with Gasteiger partial charge in [-0.15, -0.1) is 68.0 Å². The standard InChI is InChI=1S/C54H56N14O9S6/c1-24(2)39-53-68-42(35(83-53)19-76-5)46(73)57-18-38(70)65-43(44(71)26-9-7-6-8-10-26)52-62-34(22-80-52)50-60-32(20-79-50)41-29(15-16-30(58-41)49-63-36(23-81-49)64-54(75)77-28-13-11-27(55)12-14-28)48-61-33(21-78-48)45(72)59-31(17-37(69)56-4)51-67-40(25(3)82-51)47(74)66-39/h6-10,15-16,20-24,27-28,31,39,43-44,71H,11-14,17-19,55H2,1-5H3,(H,56,69)(H,57,73)(H,59,72)(H,64,75)(H,65,70)(H,66,74)/t27-,28-,31-,39-,43-,44-/m0/s1. The molecule has 1 fully saturated rings. The minimum Gasteiger partial charge on any atom is -0.446 e. The molecule has 0 spiro atoms. The van der Waals surface area contributed by atoms with Crippen molar-refractivity contribution in [2.45, 2.75) is 95.9 Å². The van der Waals surface area contributed by atoms with Crippen LogP contribution in [0.2, 0.25) is 0 Å². The van der Waals surface area contributed by atoms with E-state index in [4.69, 9.17) is 45.1 Å². The third-order valence-corrected chi connectivity index (χ3v) is 19.2. The second-order valence-corrected chi connectivity index (χ2v) is 25.6. The summed E-state index contributed by atoms with van der Waals surface area (Å²) in [5.41, 5.74) is 8.85. The Morgan fingerprint density at radius 2 is 1.42 bits per heavy atom. The van der Waals surface area contributed by atoms with Crippen LogP contribution >= 0.6 is 68.0 Å². The van der Waals surface area contributed by atoms with E-state index in [-0.39, 0.29) is 54.0 Å². The lowest BCUT2D eigenvalue weighted by Crippen LogP contribution is -2.40. The Kier molecular flexibility index (Phi) is 18.5. The number of anilines is 1. The second-order valence-electron chi connectivity index (χ2n) is 19.7. The fraction of sp³-hybridized carbons (Fsp3) is 0.352. The van der Waals surface area contributed by atoms with E-state index in [0.29, 0.717) is 86.5 Å². The number of amides is 6. The first kappa shape index (κ1) is 58.8. The molecule has 0 saturated heterocycles. The number of benzene rings is 1. The van der Waals surface area contributed by atoms with Crippen LogP contribution in [0.3, 0.4) is 0 Å². The maximum atomic E-state index is 14.3. The Labute approximate surface area is 499 Å². The number of nitrogens with one attached hydrogen (secondary N) is 6. The van der Waals surface area contributed by atoms with E-state index in [1.54, 1.807) is 70.9 Å². The zero-order chi connectivity index (χ0) is 58.5. The van der Waals surface area contributed by atoms with E-state index < -0.39 is 66.4 Å². The van der Waals surface area contributed by atoms with Gasteiger partial charge in [-0.1, -0.05) is 44.2 Å². The highest BCUT2D eigenvalue weighted by atomic mass is 32.1. The van der Waals surface area contributed by atoms with Crippen LogP contribution in [-0.4, -0.2) is 108 Å². The van der Waals surface area contributed by atoms with Gasteiger partial charge >= 0.3 is 6.09 Å². The fourth-order valence-electron chi connectivity index (χ4n) is 9.13. The van der Waals surface area contributed by atoms with Crippen LogP contribution in [0.4, 0.5) is 10.6 Å². The van der Waals surface area contributed by atoms with Crippen molar-refractivity contribution in [1.82, 2.24) is 61.5 Å². The molecule has 10 bridgehead atoms. The highest BCUT2D eigenvalue weighted by Crippen LogP contribution is 2.40. The van der Waals surface area contributed by atoms with Crippen molar-refractivity contribution >= 4 is 109 Å². The average molecular weight is 1240 g/mol. The van der Waals surface area contributed by atoms with Crippen molar-refractivity contribution in [2.75, 3.05) is 26.0 Å². The molecule has 29 heteroatoms. The van der Waals surface area contributed by atoms with Gasteiger partial charge in [0.2, 0.25) is 11.8 Å².